The van der Waals surface area contributed by atoms with Gasteiger partial charge < -0.3 is 10.5 Å². The van der Waals surface area contributed by atoms with E-state index in [2.05, 4.69) is 4.72 Å². The second-order valence-electron chi connectivity index (χ2n) is 5.75. The Morgan fingerprint density at radius 2 is 2.05 bits per heavy atom. The minimum atomic E-state index is -3.62. The summed E-state index contributed by atoms with van der Waals surface area (Å²) in [5.74, 6) is 0. The summed E-state index contributed by atoms with van der Waals surface area (Å²) in [4.78, 5) is 0.246. The molecule has 1 aromatic carbocycles. The number of nitrogens with one attached hydrogen (secondary N) is 1. The number of hydrogen-bond donors (Lipinski definition) is 2. The van der Waals surface area contributed by atoms with Gasteiger partial charge in [-0.1, -0.05) is 0 Å². The molecule has 20 heavy (non-hydrogen) atoms. The van der Waals surface area contributed by atoms with Gasteiger partial charge in [0.05, 0.1) is 16.5 Å². The number of nitrogen functional groups attached to an aromatic ring is 1. The van der Waals surface area contributed by atoms with Gasteiger partial charge in [-0.25, -0.2) is 13.1 Å². The third-order valence-electron chi connectivity index (χ3n) is 4.19. The third kappa shape index (κ3) is 2.68. The van der Waals surface area contributed by atoms with Crippen molar-refractivity contribution in [3.8, 4) is 0 Å². The lowest BCUT2D eigenvalue weighted by Crippen LogP contribution is -2.50. The minimum Gasteiger partial charge on any atom is -0.399 e. The van der Waals surface area contributed by atoms with Gasteiger partial charge in [-0.2, -0.15) is 0 Å². The average molecular weight is 298 g/mol. The van der Waals surface area contributed by atoms with E-state index in [1.165, 1.54) is 6.07 Å². The zero-order valence-electron chi connectivity index (χ0n) is 12.4. The first-order valence-corrected chi connectivity index (χ1v) is 8.16. The van der Waals surface area contributed by atoms with Gasteiger partial charge in [-0.15, -0.1) is 0 Å². The average Bonchev–Trinajstić information content (AvgIpc) is 2.63. The zero-order chi connectivity index (χ0) is 15.1. The molecule has 0 spiro atoms. The largest absolute Gasteiger partial charge is 0.399 e. The summed E-state index contributed by atoms with van der Waals surface area (Å²) in [6, 6.07) is 3.28. The van der Waals surface area contributed by atoms with Crippen molar-refractivity contribution in [2.75, 3.05) is 12.3 Å². The van der Waals surface area contributed by atoms with Gasteiger partial charge in [-0.05, 0) is 57.4 Å². The minimum absolute atomic E-state index is 0.153. The molecule has 1 saturated heterocycles. The number of nitrogens with two attached hydrogens (primary N) is 1. The molecule has 0 bridgehead atoms. The molecule has 2 rings (SSSR count). The molecule has 1 heterocycles. The molecule has 0 radical (unpaired) electrons. The highest BCUT2D eigenvalue weighted by Crippen LogP contribution is 2.29. The van der Waals surface area contributed by atoms with Crippen molar-refractivity contribution in [2.45, 2.75) is 50.7 Å². The molecule has 6 heteroatoms. The summed E-state index contributed by atoms with van der Waals surface area (Å²) in [7, 11) is -3.62. The van der Waals surface area contributed by atoms with Crippen LogP contribution in [-0.4, -0.2) is 26.7 Å². The van der Waals surface area contributed by atoms with E-state index in [0.29, 0.717) is 18.7 Å². The highest BCUT2D eigenvalue weighted by atomic mass is 32.2. The highest BCUT2D eigenvalue weighted by Gasteiger charge is 2.41. The molecule has 0 aliphatic carbocycles. The maximum Gasteiger partial charge on any atom is 0.241 e. The first-order valence-electron chi connectivity index (χ1n) is 6.68. The molecule has 1 aliphatic rings. The van der Waals surface area contributed by atoms with E-state index in [1.54, 1.807) is 13.0 Å². The lowest BCUT2D eigenvalue weighted by Gasteiger charge is -2.29. The van der Waals surface area contributed by atoms with Crippen molar-refractivity contribution in [3.63, 3.8) is 0 Å². The molecule has 0 amide bonds. The van der Waals surface area contributed by atoms with Crippen molar-refractivity contribution in [2.24, 2.45) is 0 Å². The van der Waals surface area contributed by atoms with Crippen molar-refractivity contribution in [3.05, 3.63) is 23.3 Å². The van der Waals surface area contributed by atoms with Crippen LogP contribution in [0.15, 0.2) is 17.0 Å². The molecule has 1 aliphatic heterocycles. The van der Waals surface area contributed by atoms with Crippen LogP contribution in [-0.2, 0) is 14.8 Å². The maximum atomic E-state index is 12.6. The summed E-state index contributed by atoms with van der Waals surface area (Å²) >= 11 is 0. The monoisotopic (exact) mass is 298 g/mol. The van der Waals surface area contributed by atoms with Crippen LogP contribution in [0.5, 0.6) is 0 Å². The number of ether oxygens (including phenoxy) is 1. The van der Waals surface area contributed by atoms with Crippen molar-refractivity contribution in [1.82, 2.24) is 4.72 Å². The Balaban J connectivity index is 2.41. The molecule has 1 fully saturated rings. The first kappa shape index (κ1) is 15.3. The van der Waals surface area contributed by atoms with E-state index in [4.69, 9.17) is 10.5 Å². The second kappa shape index (κ2) is 5.02. The molecule has 0 saturated carbocycles. The van der Waals surface area contributed by atoms with E-state index in [-0.39, 0.29) is 11.0 Å². The standard InChI is InChI=1S/C14H22N2O3S/c1-9-7-12(15)8-13(10(9)2)20(17,18)16-14(4)5-6-19-11(14)3/h7-8,11,16H,5-6,15H2,1-4H3. The molecule has 112 valence electrons. The molecular formula is C14H22N2O3S. The molecule has 0 aromatic heterocycles. The summed E-state index contributed by atoms with van der Waals surface area (Å²) in [6.45, 7) is 7.97. The summed E-state index contributed by atoms with van der Waals surface area (Å²) in [5.41, 5.74) is 7.24. The van der Waals surface area contributed by atoms with Crippen LogP contribution in [0, 0.1) is 13.8 Å². The van der Waals surface area contributed by atoms with Gasteiger partial charge in [0, 0.05) is 12.3 Å². The number of benzene rings is 1. The van der Waals surface area contributed by atoms with Gasteiger partial charge in [0.15, 0.2) is 0 Å². The predicted octanol–water partition coefficient (Wildman–Crippen LogP) is 1.73. The molecule has 2 atom stereocenters. The van der Waals surface area contributed by atoms with Crippen molar-refractivity contribution >= 4 is 15.7 Å². The van der Waals surface area contributed by atoms with Crippen molar-refractivity contribution < 1.29 is 13.2 Å². The second-order valence-corrected chi connectivity index (χ2v) is 7.40. The Labute approximate surface area is 120 Å². The van der Waals surface area contributed by atoms with Gasteiger partial charge in [0.25, 0.3) is 0 Å². The molecule has 3 N–H and O–H groups in total. The molecular weight excluding hydrogens is 276 g/mol. The van der Waals surface area contributed by atoms with Crippen LogP contribution in [0.2, 0.25) is 0 Å². The SMILES string of the molecule is Cc1cc(N)cc(S(=O)(=O)NC2(C)CCOC2C)c1C. The van der Waals surface area contributed by atoms with E-state index in [9.17, 15) is 8.42 Å². The van der Waals surface area contributed by atoms with Crippen LogP contribution >= 0.6 is 0 Å². The van der Waals surface area contributed by atoms with Gasteiger partial charge >= 0.3 is 0 Å². The number of rotatable bonds is 3. The van der Waals surface area contributed by atoms with Gasteiger partial charge in [0.2, 0.25) is 10.0 Å². The maximum absolute atomic E-state index is 12.6. The summed E-state index contributed by atoms with van der Waals surface area (Å²) < 4.78 is 33.5. The zero-order valence-corrected chi connectivity index (χ0v) is 13.2. The number of hydrogen-bond acceptors (Lipinski definition) is 4. The summed E-state index contributed by atoms with van der Waals surface area (Å²) in [6.07, 6.45) is 0.507. The van der Waals surface area contributed by atoms with Gasteiger partial charge in [-0.3, -0.25) is 0 Å². The van der Waals surface area contributed by atoms with Crippen molar-refractivity contribution in [1.29, 1.82) is 0 Å². The number of aryl methyl sites for hydroxylation is 1. The van der Waals surface area contributed by atoms with Crippen LogP contribution in [0.3, 0.4) is 0 Å². The Bertz CT molecular complexity index is 628. The van der Waals surface area contributed by atoms with Gasteiger partial charge in [0.1, 0.15) is 0 Å². The third-order valence-corrected chi connectivity index (χ3v) is 5.92. The lowest BCUT2D eigenvalue weighted by molar-refractivity contribution is 0.0957. The fraction of sp³-hybridized carbons (Fsp3) is 0.571. The molecule has 5 nitrogen and oxygen atoms in total. The van der Waals surface area contributed by atoms with Crippen LogP contribution < -0.4 is 10.5 Å². The first-order chi connectivity index (χ1) is 9.16. The molecule has 1 aromatic rings. The fourth-order valence-corrected chi connectivity index (χ4v) is 4.31. The normalized spacial score (nSPS) is 26.9. The Morgan fingerprint density at radius 1 is 1.40 bits per heavy atom. The predicted molar refractivity (Wildman–Crippen MR) is 79.1 cm³/mol. The summed E-state index contributed by atoms with van der Waals surface area (Å²) in [5, 5.41) is 0. The Hall–Kier alpha value is -1.11. The number of anilines is 1. The van der Waals surface area contributed by atoms with E-state index < -0.39 is 15.6 Å². The Kier molecular flexibility index (Phi) is 3.83. The van der Waals surface area contributed by atoms with E-state index >= 15 is 0 Å². The van der Waals surface area contributed by atoms with E-state index in [0.717, 1.165) is 11.1 Å². The fourth-order valence-electron chi connectivity index (χ4n) is 2.46. The topological polar surface area (TPSA) is 81.4 Å². The molecule has 2 unspecified atom stereocenters. The van der Waals surface area contributed by atoms with Crippen LogP contribution in [0.25, 0.3) is 0 Å². The highest BCUT2D eigenvalue weighted by molar-refractivity contribution is 7.89. The lowest BCUT2D eigenvalue weighted by atomic mass is 9.97. The Morgan fingerprint density at radius 3 is 2.60 bits per heavy atom. The number of sulfonamides is 1. The van der Waals surface area contributed by atoms with Crippen LogP contribution in [0.1, 0.15) is 31.4 Å². The smallest absolute Gasteiger partial charge is 0.241 e. The van der Waals surface area contributed by atoms with E-state index in [1.807, 2.05) is 20.8 Å². The quantitative estimate of drug-likeness (QED) is 0.833. The van der Waals surface area contributed by atoms with Crippen LogP contribution in [0.4, 0.5) is 5.69 Å².